The molecule has 5 nitrogen and oxygen atoms in total. The number of halogens is 1. The van der Waals surface area contributed by atoms with Crippen LogP contribution in [0.3, 0.4) is 0 Å². The fourth-order valence-electron chi connectivity index (χ4n) is 2.05. The van der Waals surface area contributed by atoms with Gasteiger partial charge in [0.05, 0.1) is 16.9 Å². The molecule has 0 aromatic carbocycles. The molecule has 0 saturated heterocycles. The fourth-order valence-corrected chi connectivity index (χ4v) is 2.16. The highest BCUT2D eigenvalue weighted by Crippen LogP contribution is 2.27. The predicted molar refractivity (Wildman–Crippen MR) is 70.9 cm³/mol. The van der Waals surface area contributed by atoms with Gasteiger partial charge in [-0.25, -0.2) is 4.98 Å². The molecule has 1 aliphatic carbocycles. The number of rotatable bonds is 3. The van der Waals surface area contributed by atoms with Crippen LogP contribution in [0, 0.1) is 11.8 Å². The lowest BCUT2D eigenvalue weighted by Gasteiger charge is -2.23. The van der Waals surface area contributed by atoms with Crippen LogP contribution in [0.25, 0.3) is 0 Å². The molecule has 2 atom stereocenters. The van der Waals surface area contributed by atoms with Gasteiger partial charge in [0, 0.05) is 6.20 Å². The third-order valence-corrected chi connectivity index (χ3v) is 3.29. The molecule has 1 aromatic heterocycles. The maximum atomic E-state index is 12.1. The van der Waals surface area contributed by atoms with Crippen molar-refractivity contribution in [3.63, 3.8) is 0 Å². The standard InChI is InChI=1S/C13H13ClN2O3/c14-8-5-6-11(15-7-8)16-12(17)9-3-1-2-4-10(9)13(18)19/h1-2,5-7,9-10H,3-4H2,(H,18,19)(H,15,16,17). The Balaban J connectivity index is 2.08. The molecule has 100 valence electrons. The summed E-state index contributed by atoms with van der Waals surface area (Å²) in [6.45, 7) is 0. The highest BCUT2D eigenvalue weighted by molar-refractivity contribution is 6.30. The highest BCUT2D eigenvalue weighted by Gasteiger charge is 2.34. The Kier molecular flexibility index (Phi) is 4.16. The van der Waals surface area contributed by atoms with Crippen LogP contribution in [0.15, 0.2) is 30.5 Å². The first-order valence-electron chi connectivity index (χ1n) is 5.88. The van der Waals surface area contributed by atoms with Crippen LogP contribution in [0.4, 0.5) is 5.82 Å². The molecule has 2 rings (SSSR count). The summed E-state index contributed by atoms with van der Waals surface area (Å²) in [5.74, 6) is -2.16. The molecule has 0 fully saturated rings. The number of anilines is 1. The number of hydrogen-bond donors (Lipinski definition) is 2. The van der Waals surface area contributed by atoms with Gasteiger partial charge in [-0.05, 0) is 25.0 Å². The monoisotopic (exact) mass is 280 g/mol. The summed E-state index contributed by atoms with van der Waals surface area (Å²) in [5, 5.41) is 12.2. The number of nitrogens with one attached hydrogen (secondary N) is 1. The maximum absolute atomic E-state index is 12.1. The van der Waals surface area contributed by atoms with Gasteiger partial charge in [-0.3, -0.25) is 9.59 Å². The highest BCUT2D eigenvalue weighted by atomic mass is 35.5. The van der Waals surface area contributed by atoms with E-state index in [0.717, 1.165) is 0 Å². The number of carboxylic acids is 1. The largest absolute Gasteiger partial charge is 0.481 e. The van der Waals surface area contributed by atoms with Crippen molar-refractivity contribution in [3.8, 4) is 0 Å². The Morgan fingerprint density at radius 3 is 2.53 bits per heavy atom. The van der Waals surface area contributed by atoms with Gasteiger partial charge < -0.3 is 10.4 Å². The zero-order chi connectivity index (χ0) is 13.8. The first kappa shape index (κ1) is 13.5. The molecule has 0 bridgehead atoms. The summed E-state index contributed by atoms with van der Waals surface area (Å²) in [4.78, 5) is 27.2. The molecule has 1 heterocycles. The quantitative estimate of drug-likeness (QED) is 0.833. The van der Waals surface area contributed by atoms with Gasteiger partial charge in [0.25, 0.3) is 0 Å². The van der Waals surface area contributed by atoms with Crippen LogP contribution in [-0.4, -0.2) is 22.0 Å². The van der Waals surface area contributed by atoms with Crippen LogP contribution in [-0.2, 0) is 9.59 Å². The average Bonchev–Trinajstić information content (AvgIpc) is 2.41. The van der Waals surface area contributed by atoms with E-state index in [1.165, 1.54) is 6.20 Å². The molecule has 1 amide bonds. The summed E-state index contributed by atoms with van der Waals surface area (Å²) < 4.78 is 0. The number of carbonyl (C=O) groups excluding carboxylic acids is 1. The number of amides is 1. The Hall–Kier alpha value is -1.88. The summed E-state index contributed by atoms with van der Waals surface area (Å²) >= 11 is 5.70. The molecule has 2 N–H and O–H groups in total. The predicted octanol–water partition coefficient (Wildman–Crippen LogP) is 2.34. The number of aromatic nitrogens is 1. The van der Waals surface area contributed by atoms with E-state index in [9.17, 15) is 9.59 Å². The van der Waals surface area contributed by atoms with Crippen molar-refractivity contribution in [2.45, 2.75) is 12.8 Å². The SMILES string of the molecule is O=C(O)C1CC=CCC1C(=O)Nc1ccc(Cl)cn1. The van der Waals surface area contributed by atoms with Crippen molar-refractivity contribution in [1.29, 1.82) is 0 Å². The van der Waals surface area contributed by atoms with Gasteiger partial charge in [0.2, 0.25) is 5.91 Å². The molecule has 2 unspecified atom stereocenters. The Morgan fingerprint density at radius 2 is 1.95 bits per heavy atom. The van der Waals surface area contributed by atoms with Crippen LogP contribution in [0.5, 0.6) is 0 Å². The van der Waals surface area contributed by atoms with E-state index < -0.39 is 17.8 Å². The van der Waals surface area contributed by atoms with Crippen molar-refractivity contribution in [2.75, 3.05) is 5.32 Å². The first-order valence-corrected chi connectivity index (χ1v) is 6.26. The van der Waals surface area contributed by atoms with Gasteiger partial charge in [-0.15, -0.1) is 0 Å². The number of pyridine rings is 1. The molecular weight excluding hydrogens is 268 g/mol. The Morgan fingerprint density at radius 1 is 1.26 bits per heavy atom. The van der Waals surface area contributed by atoms with Crippen molar-refractivity contribution >= 4 is 29.3 Å². The average molecular weight is 281 g/mol. The minimum absolute atomic E-state index is 0.327. The van der Waals surface area contributed by atoms with E-state index in [1.54, 1.807) is 18.2 Å². The second kappa shape index (κ2) is 5.84. The summed E-state index contributed by atoms with van der Waals surface area (Å²) in [7, 11) is 0. The van der Waals surface area contributed by atoms with E-state index in [-0.39, 0.29) is 5.91 Å². The number of allylic oxidation sites excluding steroid dienone is 2. The first-order chi connectivity index (χ1) is 9.08. The molecule has 0 spiro atoms. The second-order valence-corrected chi connectivity index (χ2v) is 4.78. The molecule has 0 radical (unpaired) electrons. The second-order valence-electron chi connectivity index (χ2n) is 4.34. The smallest absolute Gasteiger partial charge is 0.307 e. The third-order valence-electron chi connectivity index (χ3n) is 3.07. The lowest BCUT2D eigenvalue weighted by atomic mass is 9.82. The van der Waals surface area contributed by atoms with Crippen LogP contribution in [0.1, 0.15) is 12.8 Å². The summed E-state index contributed by atoms with van der Waals surface area (Å²) in [6, 6.07) is 3.19. The van der Waals surface area contributed by atoms with Crippen molar-refractivity contribution in [3.05, 3.63) is 35.5 Å². The molecule has 1 aliphatic rings. The Labute approximate surface area is 115 Å². The minimum Gasteiger partial charge on any atom is -0.481 e. The van der Waals surface area contributed by atoms with E-state index in [1.807, 2.05) is 6.08 Å². The normalized spacial score (nSPS) is 21.9. The van der Waals surface area contributed by atoms with Gasteiger partial charge in [0.1, 0.15) is 5.82 Å². The zero-order valence-electron chi connectivity index (χ0n) is 10.0. The fraction of sp³-hybridized carbons (Fsp3) is 0.308. The third kappa shape index (κ3) is 3.32. The van der Waals surface area contributed by atoms with Crippen LogP contribution < -0.4 is 5.32 Å². The topological polar surface area (TPSA) is 79.3 Å². The lowest BCUT2D eigenvalue weighted by molar-refractivity contribution is -0.146. The maximum Gasteiger partial charge on any atom is 0.307 e. The lowest BCUT2D eigenvalue weighted by Crippen LogP contribution is -2.34. The molecular formula is C13H13ClN2O3. The zero-order valence-corrected chi connectivity index (χ0v) is 10.8. The van der Waals surface area contributed by atoms with Crippen LogP contribution >= 0.6 is 11.6 Å². The molecule has 6 heteroatoms. The van der Waals surface area contributed by atoms with Gasteiger partial charge in [-0.1, -0.05) is 23.8 Å². The minimum atomic E-state index is -0.950. The number of hydrogen-bond acceptors (Lipinski definition) is 3. The number of aliphatic carboxylic acids is 1. The van der Waals surface area contributed by atoms with E-state index in [0.29, 0.717) is 23.7 Å². The van der Waals surface area contributed by atoms with Gasteiger partial charge in [0.15, 0.2) is 0 Å². The van der Waals surface area contributed by atoms with Crippen molar-refractivity contribution in [1.82, 2.24) is 4.98 Å². The van der Waals surface area contributed by atoms with E-state index >= 15 is 0 Å². The summed E-state index contributed by atoms with van der Waals surface area (Å²) in [5.41, 5.74) is 0. The number of carboxylic acid groups (broad SMARTS) is 1. The van der Waals surface area contributed by atoms with E-state index in [2.05, 4.69) is 10.3 Å². The van der Waals surface area contributed by atoms with E-state index in [4.69, 9.17) is 16.7 Å². The van der Waals surface area contributed by atoms with Gasteiger partial charge in [-0.2, -0.15) is 0 Å². The molecule has 0 saturated carbocycles. The van der Waals surface area contributed by atoms with Crippen molar-refractivity contribution < 1.29 is 14.7 Å². The number of nitrogens with zero attached hydrogens (tertiary/aromatic N) is 1. The Bertz CT molecular complexity index is 513. The van der Waals surface area contributed by atoms with Crippen LogP contribution in [0.2, 0.25) is 5.02 Å². The summed E-state index contributed by atoms with van der Waals surface area (Å²) in [6.07, 6.45) is 5.85. The number of carbonyl (C=O) groups is 2. The molecule has 0 aliphatic heterocycles. The molecule has 19 heavy (non-hydrogen) atoms. The van der Waals surface area contributed by atoms with Crippen molar-refractivity contribution in [2.24, 2.45) is 11.8 Å². The van der Waals surface area contributed by atoms with Gasteiger partial charge >= 0.3 is 5.97 Å². The molecule has 1 aromatic rings.